The van der Waals surface area contributed by atoms with Crippen LogP contribution in [-0.4, -0.2) is 16.6 Å². The minimum absolute atomic E-state index is 0. The summed E-state index contributed by atoms with van der Waals surface area (Å²) in [5, 5.41) is 19.7. The third kappa shape index (κ3) is 12.9. The SMILES string of the molecule is CC(C)(C)[O-].N#CC1CCC(SCC2CC2)CC1.[K+]. The Bertz CT molecular complexity index is 267. The van der Waals surface area contributed by atoms with Crippen molar-refractivity contribution in [3.8, 4) is 6.07 Å². The molecule has 0 saturated heterocycles. The number of rotatable bonds is 3. The van der Waals surface area contributed by atoms with Gasteiger partial charge in [-0.25, -0.2) is 0 Å². The van der Waals surface area contributed by atoms with Crippen molar-refractivity contribution in [2.24, 2.45) is 11.8 Å². The normalized spacial score (nSPS) is 26.5. The molecule has 0 aliphatic heterocycles. The molecule has 0 bridgehead atoms. The number of thioether (sulfide) groups is 1. The number of nitriles is 1. The van der Waals surface area contributed by atoms with E-state index in [9.17, 15) is 5.11 Å². The Hall–Kier alpha value is 1.44. The van der Waals surface area contributed by atoms with Crippen molar-refractivity contribution in [3.05, 3.63) is 0 Å². The molecule has 2 rings (SSSR count). The Morgan fingerprint density at radius 3 is 1.95 bits per heavy atom. The van der Waals surface area contributed by atoms with Crippen LogP contribution in [-0.2, 0) is 0 Å². The molecular formula is C15H26KNOS. The molecule has 2 saturated carbocycles. The molecule has 0 radical (unpaired) electrons. The first-order chi connectivity index (χ1) is 8.38. The van der Waals surface area contributed by atoms with Gasteiger partial charge >= 0.3 is 51.4 Å². The average molecular weight is 308 g/mol. The van der Waals surface area contributed by atoms with E-state index < -0.39 is 5.60 Å². The summed E-state index contributed by atoms with van der Waals surface area (Å²) in [6.45, 7) is 4.90. The second-order valence-electron chi connectivity index (χ2n) is 6.49. The van der Waals surface area contributed by atoms with Gasteiger partial charge in [0, 0.05) is 11.2 Å². The van der Waals surface area contributed by atoms with E-state index in [0.717, 1.165) is 24.0 Å². The van der Waals surface area contributed by atoms with Crippen molar-refractivity contribution in [3.63, 3.8) is 0 Å². The van der Waals surface area contributed by atoms with Crippen LogP contribution in [0.2, 0.25) is 0 Å². The van der Waals surface area contributed by atoms with Gasteiger partial charge in [0.05, 0.1) is 6.07 Å². The Morgan fingerprint density at radius 2 is 1.58 bits per heavy atom. The van der Waals surface area contributed by atoms with Gasteiger partial charge in [-0.1, -0.05) is 20.8 Å². The molecule has 2 aliphatic carbocycles. The fourth-order valence-corrected chi connectivity index (χ4v) is 3.40. The minimum Gasteiger partial charge on any atom is -0.850 e. The molecule has 0 N–H and O–H groups in total. The smallest absolute Gasteiger partial charge is 0.850 e. The van der Waals surface area contributed by atoms with Crippen LogP contribution in [0.5, 0.6) is 0 Å². The Morgan fingerprint density at radius 1 is 1.11 bits per heavy atom. The third-order valence-electron chi connectivity index (χ3n) is 3.12. The molecule has 104 valence electrons. The minimum atomic E-state index is -0.750. The molecule has 0 aromatic carbocycles. The topological polar surface area (TPSA) is 46.8 Å². The zero-order valence-corrected chi connectivity index (χ0v) is 16.9. The van der Waals surface area contributed by atoms with Crippen LogP contribution in [0.25, 0.3) is 0 Å². The quantitative estimate of drug-likeness (QED) is 0.708. The van der Waals surface area contributed by atoms with Gasteiger partial charge in [-0.3, -0.25) is 0 Å². The molecule has 19 heavy (non-hydrogen) atoms. The summed E-state index contributed by atoms with van der Waals surface area (Å²) in [6, 6.07) is 2.39. The summed E-state index contributed by atoms with van der Waals surface area (Å²) in [5.41, 5.74) is -0.750. The van der Waals surface area contributed by atoms with Crippen molar-refractivity contribution in [1.29, 1.82) is 5.26 Å². The molecule has 4 heteroatoms. The molecule has 0 heterocycles. The van der Waals surface area contributed by atoms with Gasteiger partial charge in [-0.05, 0) is 50.2 Å². The van der Waals surface area contributed by atoms with E-state index in [1.165, 1.54) is 31.4 Å². The number of hydrogen-bond acceptors (Lipinski definition) is 3. The van der Waals surface area contributed by atoms with Gasteiger partial charge in [0.15, 0.2) is 0 Å². The second kappa shape index (κ2) is 10.2. The Kier molecular flexibility index (Phi) is 11.0. The molecule has 2 nitrogen and oxygen atoms in total. The van der Waals surface area contributed by atoms with E-state index in [4.69, 9.17) is 5.26 Å². The molecule has 0 amide bonds. The van der Waals surface area contributed by atoms with E-state index >= 15 is 0 Å². The predicted molar refractivity (Wildman–Crippen MR) is 76.3 cm³/mol. The summed E-state index contributed by atoms with van der Waals surface area (Å²) in [4.78, 5) is 0. The molecular weight excluding hydrogens is 281 g/mol. The van der Waals surface area contributed by atoms with Crippen LogP contribution in [0.1, 0.15) is 59.3 Å². The fraction of sp³-hybridized carbons (Fsp3) is 0.933. The van der Waals surface area contributed by atoms with Crippen molar-refractivity contribution < 1.29 is 56.5 Å². The summed E-state index contributed by atoms with van der Waals surface area (Å²) in [5.74, 6) is 2.82. The standard InChI is InChI=1S/C11H17NS.C4H9O.K/c12-7-9-3-5-11(6-4-9)13-8-10-1-2-10;1-4(2,3)5;/h9-11H,1-6,8H2;1-3H3;/q;-1;+1. The molecule has 2 fully saturated rings. The van der Waals surface area contributed by atoms with E-state index in [1.54, 1.807) is 20.8 Å². The van der Waals surface area contributed by atoms with Crippen molar-refractivity contribution in [2.45, 2.75) is 70.1 Å². The molecule has 0 atom stereocenters. The number of nitrogens with zero attached hydrogens (tertiary/aromatic N) is 1. The van der Waals surface area contributed by atoms with E-state index in [1.807, 2.05) is 0 Å². The van der Waals surface area contributed by atoms with Crippen LogP contribution in [0, 0.1) is 23.2 Å². The zero-order chi connectivity index (χ0) is 13.6. The van der Waals surface area contributed by atoms with Gasteiger partial charge < -0.3 is 5.11 Å². The molecule has 0 spiro atoms. The van der Waals surface area contributed by atoms with Gasteiger partial charge in [0.2, 0.25) is 0 Å². The first-order valence-electron chi connectivity index (χ1n) is 7.10. The molecule has 0 aromatic rings. The van der Waals surface area contributed by atoms with Gasteiger partial charge in [0.25, 0.3) is 0 Å². The maximum atomic E-state index is 10.1. The Labute approximate surface area is 165 Å². The van der Waals surface area contributed by atoms with Crippen molar-refractivity contribution in [2.75, 3.05) is 5.75 Å². The van der Waals surface area contributed by atoms with Gasteiger partial charge in [-0.2, -0.15) is 17.0 Å². The third-order valence-corrected chi connectivity index (χ3v) is 4.73. The van der Waals surface area contributed by atoms with E-state index in [2.05, 4.69) is 17.8 Å². The van der Waals surface area contributed by atoms with Gasteiger partial charge in [-0.15, -0.1) is 5.60 Å². The summed E-state index contributed by atoms with van der Waals surface area (Å²) >= 11 is 2.17. The predicted octanol–water partition coefficient (Wildman–Crippen LogP) is 0.361. The maximum absolute atomic E-state index is 10.1. The van der Waals surface area contributed by atoms with Crippen LogP contribution in [0.15, 0.2) is 0 Å². The summed E-state index contributed by atoms with van der Waals surface area (Å²) < 4.78 is 0. The maximum Gasteiger partial charge on any atom is 1.00 e. The second-order valence-corrected chi connectivity index (χ2v) is 7.83. The summed E-state index contributed by atoms with van der Waals surface area (Å²) in [7, 11) is 0. The monoisotopic (exact) mass is 307 g/mol. The zero-order valence-electron chi connectivity index (χ0n) is 12.9. The molecule has 2 aliphatic rings. The van der Waals surface area contributed by atoms with E-state index in [-0.39, 0.29) is 51.4 Å². The van der Waals surface area contributed by atoms with E-state index in [0.29, 0.717) is 5.92 Å². The largest absolute Gasteiger partial charge is 1.00 e. The van der Waals surface area contributed by atoms with Gasteiger partial charge in [0.1, 0.15) is 0 Å². The van der Waals surface area contributed by atoms with Crippen LogP contribution < -0.4 is 56.5 Å². The van der Waals surface area contributed by atoms with Crippen molar-refractivity contribution in [1.82, 2.24) is 0 Å². The van der Waals surface area contributed by atoms with Crippen LogP contribution in [0.4, 0.5) is 0 Å². The molecule has 0 aromatic heterocycles. The fourth-order valence-electron chi connectivity index (χ4n) is 1.92. The number of hydrogen-bond donors (Lipinski definition) is 0. The molecule has 0 unspecified atom stereocenters. The van der Waals surface area contributed by atoms with Crippen molar-refractivity contribution >= 4 is 11.8 Å². The van der Waals surface area contributed by atoms with Crippen LogP contribution in [0.3, 0.4) is 0 Å². The summed E-state index contributed by atoms with van der Waals surface area (Å²) in [6.07, 6.45) is 7.82. The van der Waals surface area contributed by atoms with Crippen LogP contribution >= 0.6 is 11.8 Å². The average Bonchev–Trinajstić information content (AvgIpc) is 3.08. The Balaban J connectivity index is 0.000000471. The first-order valence-corrected chi connectivity index (χ1v) is 8.15. The first kappa shape index (κ1) is 20.4.